The second-order valence-corrected chi connectivity index (χ2v) is 8.83. The zero-order chi connectivity index (χ0) is 20.5. The fraction of sp³-hybridized carbons (Fsp3) is 0.409. The molecule has 2 atom stereocenters. The summed E-state index contributed by atoms with van der Waals surface area (Å²) in [6, 6.07) is 6.04. The van der Waals surface area contributed by atoms with E-state index < -0.39 is 6.10 Å². The quantitative estimate of drug-likeness (QED) is 0.625. The molecule has 0 amide bonds. The van der Waals surface area contributed by atoms with Crippen LogP contribution in [0.25, 0.3) is 10.2 Å². The molecule has 29 heavy (non-hydrogen) atoms. The smallest absolute Gasteiger partial charge is 0.306 e. The number of benzene rings is 1. The normalized spacial score (nSPS) is 17.1. The Balaban J connectivity index is 1.46. The van der Waals surface area contributed by atoms with Gasteiger partial charge in [-0.3, -0.25) is 9.59 Å². The summed E-state index contributed by atoms with van der Waals surface area (Å²) in [6.07, 6.45) is 2.97. The highest BCUT2D eigenvalue weighted by Crippen LogP contribution is 2.36. The Morgan fingerprint density at radius 1 is 1.38 bits per heavy atom. The Bertz CT molecular complexity index is 1100. The summed E-state index contributed by atoms with van der Waals surface area (Å²) in [7, 11) is 0. The van der Waals surface area contributed by atoms with Gasteiger partial charge in [0.25, 0.3) is 5.56 Å². The number of esters is 1. The molecular formula is C22H23FN2O3S. The first-order chi connectivity index (χ1) is 13.9. The van der Waals surface area contributed by atoms with Gasteiger partial charge in [-0.25, -0.2) is 9.37 Å². The van der Waals surface area contributed by atoms with Crippen molar-refractivity contribution in [2.24, 2.45) is 5.92 Å². The van der Waals surface area contributed by atoms with Gasteiger partial charge in [-0.1, -0.05) is 19.1 Å². The third-order valence-electron chi connectivity index (χ3n) is 5.41. The number of aryl methyl sites for hydroxylation is 2. The van der Waals surface area contributed by atoms with Gasteiger partial charge < -0.3 is 9.72 Å². The van der Waals surface area contributed by atoms with Gasteiger partial charge in [0, 0.05) is 11.3 Å². The van der Waals surface area contributed by atoms with E-state index in [-0.39, 0.29) is 23.8 Å². The summed E-state index contributed by atoms with van der Waals surface area (Å²) < 4.78 is 18.4. The maximum Gasteiger partial charge on any atom is 0.306 e. The van der Waals surface area contributed by atoms with Crippen LogP contribution < -0.4 is 5.56 Å². The fourth-order valence-corrected chi connectivity index (χ4v) is 5.16. The summed E-state index contributed by atoms with van der Waals surface area (Å²) in [6.45, 7) is 3.93. The Labute approximate surface area is 171 Å². The van der Waals surface area contributed by atoms with E-state index in [1.54, 1.807) is 30.4 Å². The zero-order valence-electron chi connectivity index (χ0n) is 16.5. The molecule has 0 saturated heterocycles. The van der Waals surface area contributed by atoms with Crippen molar-refractivity contribution in [3.63, 3.8) is 0 Å². The van der Waals surface area contributed by atoms with Crippen molar-refractivity contribution in [3.05, 3.63) is 62.3 Å². The molecule has 3 aromatic rings. The predicted molar refractivity (Wildman–Crippen MR) is 111 cm³/mol. The molecule has 1 aromatic carbocycles. The lowest BCUT2D eigenvalue weighted by atomic mass is 9.89. The molecule has 152 valence electrons. The van der Waals surface area contributed by atoms with E-state index in [1.807, 2.05) is 0 Å². The van der Waals surface area contributed by atoms with Crippen LogP contribution in [0.2, 0.25) is 0 Å². The van der Waals surface area contributed by atoms with Crippen molar-refractivity contribution in [2.45, 2.75) is 52.1 Å². The third kappa shape index (κ3) is 4.24. The first kappa shape index (κ1) is 19.8. The van der Waals surface area contributed by atoms with E-state index in [0.717, 1.165) is 35.2 Å². The number of H-pyrrole nitrogens is 1. The molecule has 0 aliphatic heterocycles. The van der Waals surface area contributed by atoms with Gasteiger partial charge >= 0.3 is 5.97 Å². The van der Waals surface area contributed by atoms with Crippen LogP contribution in [0, 0.1) is 11.7 Å². The van der Waals surface area contributed by atoms with Gasteiger partial charge in [0.15, 0.2) is 11.9 Å². The Hall–Kier alpha value is -2.54. The van der Waals surface area contributed by atoms with Gasteiger partial charge in [-0.2, -0.15) is 0 Å². The molecule has 1 N–H and O–H groups in total. The molecule has 4 rings (SSSR count). The summed E-state index contributed by atoms with van der Waals surface area (Å²) in [5.74, 6) is 0.295. The molecule has 0 radical (unpaired) electrons. The summed E-state index contributed by atoms with van der Waals surface area (Å²) in [5.41, 5.74) is 1.83. The first-order valence-corrected chi connectivity index (χ1v) is 10.7. The maximum absolute atomic E-state index is 13.0. The number of nitrogens with one attached hydrogen (secondary N) is 1. The number of halogens is 1. The monoisotopic (exact) mass is 414 g/mol. The van der Waals surface area contributed by atoms with Crippen LogP contribution in [-0.2, 0) is 28.8 Å². The van der Waals surface area contributed by atoms with Crippen LogP contribution in [0.15, 0.2) is 29.1 Å². The summed E-state index contributed by atoms with van der Waals surface area (Å²) in [5, 5.41) is 0.690. The number of ether oxygens (including phenoxy) is 1. The van der Waals surface area contributed by atoms with Crippen molar-refractivity contribution in [2.75, 3.05) is 0 Å². The minimum absolute atomic E-state index is 0.161. The second kappa shape index (κ2) is 8.06. The zero-order valence-corrected chi connectivity index (χ0v) is 17.3. The summed E-state index contributed by atoms with van der Waals surface area (Å²) >= 11 is 1.57. The number of hydrogen-bond acceptors (Lipinski definition) is 5. The van der Waals surface area contributed by atoms with Crippen molar-refractivity contribution >= 4 is 27.5 Å². The molecular weight excluding hydrogens is 391 g/mol. The van der Waals surface area contributed by atoms with E-state index in [1.165, 1.54) is 17.0 Å². The number of hydrogen-bond donors (Lipinski definition) is 1. The minimum Gasteiger partial charge on any atom is -0.454 e. The fourth-order valence-electron chi connectivity index (χ4n) is 3.77. The molecule has 7 heteroatoms. The van der Waals surface area contributed by atoms with Gasteiger partial charge in [-0.05, 0) is 61.8 Å². The number of nitrogens with zero attached hydrogens (tertiary/aromatic N) is 1. The molecule has 5 nitrogen and oxygen atoms in total. The van der Waals surface area contributed by atoms with Gasteiger partial charge in [0.2, 0.25) is 0 Å². The average molecular weight is 415 g/mol. The standard InChI is InChI=1S/C22H23FN2O3S/c1-12-3-9-16-17(11-12)29-22-19(16)21(27)24-20(25-22)13(2)28-18(26)10-6-14-4-7-15(23)8-5-14/h4-5,7-8,12-13H,3,6,9-11H2,1-2H3,(H,24,25,27)/t12-,13+/m0/s1. The van der Waals surface area contributed by atoms with Crippen LogP contribution in [0.4, 0.5) is 4.39 Å². The topological polar surface area (TPSA) is 72.0 Å². The highest BCUT2D eigenvalue weighted by Gasteiger charge is 2.24. The molecule has 2 heterocycles. The molecule has 1 aliphatic rings. The molecule has 2 aromatic heterocycles. The average Bonchev–Trinajstić information content (AvgIpc) is 3.05. The minimum atomic E-state index is -0.647. The molecule has 0 spiro atoms. The molecule has 1 aliphatic carbocycles. The van der Waals surface area contributed by atoms with E-state index in [2.05, 4.69) is 16.9 Å². The number of carbonyl (C=O) groups is 1. The van der Waals surface area contributed by atoms with Crippen molar-refractivity contribution in [1.29, 1.82) is 0 Å². The largest absolute Gasteiger partial charge is 0.454 e. The lowest BCUT2D eigenvalue weighted by molar-refractivity contribution is -0.148. The SMILES string of the molecule is C[C@H]1CCc2c(sc3nc([C@@H](C)OC(=O)CCc4ccc(F)cc4)[nH]c(=O)c23)C1. The van der Waals surface area contributed by atoms with Crippen LogP contribution >= 0.6 is 11.3 Å². The maximum atomic E-state index is 13.0. The highest BCUT2D eigenvalue weighted by molar-refractivity contribution is 7.18. The Morgan fingerprint density at radius 3 is 2.90 bits per heavy atom. The van der Waals surface area contributed by atoms with Gasteiger partial charge in [0.05, 0.1) is 5.39 Å². The number of aromatic nitrogens is 2. The third-order valence-corrected chi connectivity index (χ3v) is 6.56. The second-order valence-electron chi connectivity index (χ2n) is 7.74. The van der Waals surface area contributed by atoms with Crippen molar-refractivity contribution in [1.82, 2.24) is 9.97 Å². The van der Waals surface area contributed by atoms with Crippen LogP contribution in [0.1, 0.15) is 54.6 Å². The predicted octanol–water partition coefficient (Wildman–Crippen LogP) is 4.49. The van der Waals surface area contributed by atoms with Crippen LogP contribution in [-0.4, -0.2) is 15.9 Å². The molecule has 0 bridgehead atoms. The number of carbonyl (C=O) groups excluding carboxylic acids is 1. The molecule has 0 fully saturated rings. The molecule has 0 unspecified atom stereocenters. The van der Waals surface area contributed by atoms with Gasteiger partial charge in [0.1, 0.15) is 10.6 Å². The Kier molecular flexibility index (Phi) is 5.50. The van der Waals surface area contributed by atoms with Crippen molar-refractivity contribution in [3.8, 4) is 0 Å². The summed E-state index contributed by atoms with van der Waals surface area (Å²) in [4.78, 5) is 34.2. The van der Waals surface area contributed by atoms with E-state index in [9.17, 15) is 14.0 Å². The van der Waals surface area contributed by atoms with E-state index >= 15 is 0 Å². The highest BCUT2D eigenvalue weighted by atomic mass is 32.1. The first-order valence-electron chi connectivity index (χ1n) is 9.89. The van der Waals surface area contributed by atoms with Crippen molar-refractivity contribution < 1.29 is 13.9 Å². The van der Waals surface area contributed by atoms with Gasteiger partial charge in [-0.15, -0.1) is 11.3 Å². The lowest BCUT2D eigenvalue weighted by Gasteiger charge is -2.17. The molecule has 0 saturated carbocycles. The van der Waals surface area contributed by atoms with E-state index in [4.69, 9.17) is 4.74 Å². The lowest BCUT2D eigenvalue weighted by Crippen LogP contribution is -2.18. The number of thiophene rings is 1. The number of aromatic amines is 1. The number of rotatable bonds is 5. The number of fused-ring (bicyclic) bond motifs is 3. The van der Waals surface area contributed by atoms with Crippen LogP contribution in [0.3, 0.4) is 0 Å². The van der Waals surface area contributed by atoms with E-state index in [0.29, 0.717) is 23.5 Å². The van der Waals surface area contributed by atoms with Crippen LogP contribution in [0.5, 0.6) is 0 Å². The Morgan fingerprint density at radius 2 is 2.14 bits per heavy atom.